The highest BCUT2D eigenvalue weighted by Crippen LogP contribution is 2.45. The Kier molecular flexibility index (Phi) is 6.33. The van der Waals surface area contributed by atoms with Gasteiger partial charge in [-0.25, -0.2) is 0 Å². The fourth-order valence-corrected chi connectivity index (χ4v) is 11.2. The van der Waals surface area contributed by atoms with E-state index in [1.54, 1.807) is 9.13 Å². The maximum atomic E-state index is 9.56. The van der Waals surface area contributed by atoms with Gasteiger partial charge in [-0.1, -0.05) is 152 Å². The van der Waals surface area contributed by atoms with Gasteiger partial charge < -0.3 is 13.6 Å². The van der Waals surface area contributed by atoms with Crippen molar-refractivity contribution in [1.29, 1.82) is 0 Å². The molecular formula is C63H37N7O. The third-order valence-electron chi connectivity index (χ3n) is 14.1. The fourth-order valence-electron chi connectivity index (χ4n) is 11.2. The van der Waals surface area contributed by atoms with Gasteiger partial charge in [0.25, 0.3) is 0 Å². The molecule has 330 valence electrons. The Bertz CT molecular complexity index is 5190. The van der Waals surface area contributed by atoms with Crippen molar-refractivity contribution in [3.05, 3.63) is 224 Å². The van der Waals surface area contributed by atoms with Crippen LogP contribution in [0.1, 0.15) is 11.0 Å². The molecule has 8 heteroatoms. The predicted molar refractivity (Wildman–Crippen MR) is 290 cm³/mol. The Balaban J connectivity index is 1.15. The molecule has 10 aromatic carbocycles. The number of para-hydroxylation sites is 8. The zero-order chi connectivity index (χ0) is 53.3. The molecule has 0 saturated carbocycles. The summed E-state index contributed by atoms with van der Waals surface area (Å²) in [4.78, 5) is 16.4. The molecule has 6 aromatic heterocycles. The van der Waals surface area contributed by atoms with Gasteiger partial charge in [0.2, 0.25) is 11.9 Å². The minimum absolute atomic E-state index is 0.00332. The Hall–Kier alpha value is -9.79. The van der Waals surface area contributed by atoms with E-state index in [9.17, 15) is 5.48 Å². The maximum absolute atomic E-state index is 9.56. The molecule has 8 nitrogen and oxygen atoms in total. The highest BCUT2D eigenvalue weighted by molar-refractivity contribution is 6.25. The first-order valence-corrected chi connectivity index (χ1v) is 23.3. The summed E-state index contributed by atoms with van der Waals surface area (Å²) in [7, 11) is 0. The molecule has 16 aromatic rings. The summed E-state index contributed by atoms with van der Waals surface area (Å²) in [5.41, 5.74) is 8.27. The number of nitrogens with zero attached hydrogens (tertiary/aromatic N) is 7. The van der Waals surface area contributed by atoms with E-state index in [4.69, 9.17) is 24.9 Å². The number of fused-ring (bicyclic) bond motifs is 16. The summed E-state index contributed by atoms with van der Waals surface area (Å²) in [6.45, 7) is 0. The van der Waals surface area contributed by atoms with Crippen LogP contribution in [0.15, 0.2) is 229 Å². The summed E-state index contributed by atoms with van der Waals surface area (Å²) in [5.74, 6) is 0.147. The number of hydrogen-bond acceptors (Lipinski definition) is 4. The smallest absolute Gasteiger partial charge is 0.240 e. The zero-order valence-electron chi connectivity index (χ0n) is 45.3. The van der Waals surface area contributed by atoms with Crippen molar-refractivity contribution >= 4 is 109 Å². The summed E-state index contributed by atoms with van der Waals surface area (Å²) in [5, 5.41) is 7.53. The number of rotatable bonds is 5. The lowest BCUT2D eigenvalue weighted by Gasteiger charge is -2.20. The SMILES string of the molecule is [2H]c1c([2H])c([2H])c2c(c1[2H])c1ccccc1n2-c1nc(-c2c(-n3c4ccccc4c4ccccc43)cccc2-n2c3ccccc3c3ccc4oc5ccccc5c4c32)nc(-n2c3ccccc3c3c([2H])c([2H])c([2H])c([2H])c32)n1. The summed E-state index contributed by atoms with van der Waals surface area (Å²) in [6.07, 6.45) is 0. The second kappa shape index (κ2) is 14.4. The third-order valence-corrected chi connectivity index (χ3v) is 14.1. The standard InChI is InChI=1S/C63H37N7O/c1-9-26-47-38(18-1)39-19-2-10-27-48(39)67(47)54-33-17-34-55(68-49-28-11-7-24-44(49)45-36-37-57-58(60(45)68)46-25-8-16-35-56(46)71-57)59(54)61-64-62(69-50-29-12-3-20-40(50)41-21-4-13-30-51(41)69)66-63(65-61)70-52-31-14-5-22-42(52)43-23-6-15-32-53(43)70/h1-37H/i3D,5D,12D,14D,20D,22D,29D,31D. The molecule has 71 heavy (non-hydrogen) atoms. The van der Waals surface area contributed by atoms with Gasteiger partial charge in [-0.15, -0.1) is 0 Å². The van der Waals surface area contributed by atoms with Crippen LogP contribution < -0.4 is 0 Å². The number of furan rings is 1. The largest absolute Gasteiger partial charge is 0.456 e. The quantitative estimate of drug-likeness (QED) is 0.172. The van der Waals surface area contributed by atoms with Crippen LogP contribution in [0.3, 0.4) is 0 Å². The second-order valence-electron chi connectivity index (χ2n) is 17.7. The average molecular weight is 916 g/mol. The molecule has 0 saturated heterocycles. The van der Waals surface area contributed by atoms with E-state index in [1.165, 1.54) is 0 Å². The van der Waals surface area contributed by atoms with Crippen molar-refractivity contribution in [3.8, 4) is 34.7 Å². The highest BCUT2D eigenvalue weighted by Gasteiger charge is 2.28. The van der Waals surface area contributed by atoms with E-state index in [0.717, 1.165) is 60.0 Å². The molecule has 0 unspecified atom stereocenters. The van der Waals surface area contributed by atoms with E-state index >= 15 is 0 Å². The molecule has 16 rings (SSSR count). The minimum atomic E-state index is -0.433. The first kappa shape index (κ1) is 31.3. The maximum Gasteiger partial charge on any atom is 0.240 e. The van der Waals surface area contributed by atoms with Crippen molar-refractivity contribution in [1.82, 2.24) is 33.2 Å². The molecule has 0 aliphatic carbocycles. The summed E-state index contributed by atoms with van der Waals surface area (Å²) >= 11 is 0. The molecule has 0 atom stereocenters. The molecule has 0 fully saturated rings. The lowest BCUT2D eigenvalue weighted by Crippen LogP contribution is -2.12. The zero-order valence-corrected chi connectivity index (χ0v) is 37.3. The molecule has 0 aliphatic rings. The Morgan fingerprint density at radius 3 is 1.32 bits per heavy atom. The van der Waals surface area contributed by atoms with E-state index in [0.29, 0.717) is 44.3 Å². The monoisotopic (exact) mass is 915 g/mol. The normalized spacial score (nSPS) is 13.8. The fraction of sp³-hybridized carbons (Fsp3) is 0. The van der Waals surface area contributed by atoms with Crippen LogP contribution in [0.5, 0.6) is 0 Å². The van der Waals surface area contributed by atoms with Crippen molar-refractivity contribution < 1.29 is 15.4 Å². The summed E-state index contributed by atoms with van der Waals surface area (Å²) in [6, 6.07) is 55.0. The average Bonchev–Trinajstić information content (AvgIpc) is 3.61. The van der Waals surface area contributed by atoms with E-state index in [1.807, 2.05) is 121 Å². The first-order chi connectivity index (χ1) is 38.6. The third kappa shape index (κ3) is 5.25. The number of hydrogen-bond donors (Lipinski definition) is 0. The van der Waals surface area contributed by atoms with Crippen molar-refractivity contribution in [2.45, 2.75) is 0 Å². The number of benzene rings is 10. The van der Waals surface area contributed by atoms with Crippen LogP contribution in [0, 0.1) is 0 Å². The van der Waals surface area contributed by atoms with Gasteiger partial charge in [-0.3, -0.25) is 9.13 Å². The Labute approximate surface area is 415 Å². The lowest BCUT2D eigenvalue weighted by atomic mass is 10.1. The second-order valence-corrected chi connectivity index (χ2v) is 17.7. The number of aromatic nitrogens is 7. The van der Waals surface area contributed by atoms with Gasteiger partial charge in [-0.2, -0.15) is 15.0 Å². The molecule has 0 N–H and O–H groups in total. The Morgan fingerprint density at radius 2 is 0.761 bits per heavy atom. The van der Waals surface area contributed by atoms with Crippen LogP contribution in [-0.4, -0.2) is 33.2 Å². The first-order valence-electron chi connectivity index (χ1n) is 27.3. The van der Waals surface area contributed by atoms with E-state index in [-0.39, 0.29) is 75.8 Å². The van der Waals surface area contributed by atoms with Gasteiger partial charge in [0, 0.05) is 48.5 Å². The molecule has 0 aliphatic heterocycles. The van der Waals surface area contributed by atoms with E-state index in [2.05, 4.69) is 63.7 Å². The van der Waals surface area contributed by atoms with Gasteiger partial charge >= 0.3 is 0 Å². The van der Waals surface area contributed by atoms with Crippen molar-refractivity contribution in [2.75, 3.05) is 0 Å². The van der Waals surface area contributed by atoms with Gasteiger partial charge in [0.1, 0.15) is 11.2 Å². The molecule has 0 radical (unpaired) electrons. The molecule has 0 bridgehead atoms. The molecule has 0 spiro atoms. The molecule has 6 heterocycles. The van der Waals surface area contributed by atoms with Crippen LogP contribution in [0.4, 0.5) is 0 Å². The Morgan fingerprint density at radius 1 is 0.324 bits per heavy atom. The van der Waals surface area contributed by atoms with Gasteiger partial charge in [-0.05, 0) is 72.7 Å². The summed E-state index contributed by atoms with van der Waals surface area (Å²) < 4.78 is 87.8. The van der Waals surface area contributed by atoms with E-state index < -0.39 is 12.1 Å². The van der Waals surface area contributed by atoms with Crippen LogP contribution >= 0.6 is 0 Å². The minimum Gasteiger partial charge on any atom is -0.456 e. The van der Waals surface area contributed by atoms with Gasteiger partial charge in [0.05, 0.1) is 77.4 Å². The van der Waals surface area contributed by atoms with Crippen LogP contribution in [0.25, 0.3) is 144 Å². The topological polar surface area (TPSA) is 71.5 Å². The lowest BCUT2D eigenvalue weighted by molar-refractivity contribution is 0.669. The highest BCUT2D eigenvalue weighted by atomic mass is 16.3. The van der Waals surface area contributed by atoms with Crippen LogP contribution in [0.2, 0.25) is 0 Å². The van der Waals surface area contributed by atoms with Crippen molar-refractivity contribution in [3.63, 3.8) is 0 Å². The van der Waals surface area contributed by atoms with Crippen molar-refractivity contribution in [2.24, 2.45) is 0 Å². The molecular weight excluding hydrogens is 871 g/mol. The van der Waals surface area contributed by atoms with Gasteiger partial charge in [0.15, 0.2) is 5.82 Å². The predicted octanol–water partition coefficient (Wildman–Crippen LogP) is 15.8. The molecule has 0 amide bonds. The van der Waals surface area contributed by atoms with Crippen LogP contribution in [-0.2, 0) is 0 Å².